The normalized spacial score (nSPS) is 15.0. The van der Waals surface area contributed by atoms with Gasteiger partial charge in [0, 0.05) is 62.4 Å². The lowest BCUT2D eigenvalue weighted by molar-refractivity contribution is -0.130. The third-order valence-electron chi connectivity index (χ3n) is 6.69. The molecule has 1 aliphatic heterocycles. The number of amides is 1. The topological polar surface area (TPSA) is 98.1 Å². The summed E-state index contributed by atoms with van der Waals surface area (Å²) in [6.45, 7) is 6.95. The maximum atomic E-state index is 11.4. The molecule has 1 aliphatic carbocycles. The molecule has 5 rings (SSSR count). The predicted molar refractivity (Wildman–Crippen MR) is 128 cm³/mol. The number of piperazine rings is 1. The summed E-state index contributed by atoms with van der Waals surface area (Å²) >= 11 is 0. The van der Waals surface area contributed by atoms with Crippen LogP contribution in [0.5, 0.6) is 5.75 Å². The van der Waals surface area contributed by atoms with Gasteiger partial charge >= 0.3 is 0 Å². The van der Waals surface area contributed by atoms with Crippen LogP contribution < -0.4 is 4.74 Å². The molecule has 3 aromatic rings. The number of nitrogens with one attached hydrogen (secondary N) is 1. The first kappa shape index (κ1) is 22.1. The third-order valence-corrected chi connectivity index (χ3v) is 6.69. The smallest absolute Gasteiger partial charge is 0.219 e. The van der Waals surface area contributed by atoms with Crippen LogP contribution in [-0.4, -0.2) is 70.2 Å². The van der Waals surface area contributed by atoms with Crippen LogP contribution in [-0.2, 0) is 11.2 Å². The molecule has 0 unspecified atom stereocenters. The van der Waals surface area contributed by atoms with E-state index in [0.29, 0.717) is 12.3 Å². The largest absolute Gasteiger partial charge is 0.494 e. The van der Waals surface area contributed by atoms with Gasteiger partial charge in [-0.05, 0) is 49.2 Å². The van der Waals surface area contributed by atoms with E-state index in [9.17, 15) is 4.79 Å². The van der Waals surface area contributed by atoms with Crippen LogP contribution in [0.4, 0.5) is 0 Å². The number of carbonyl (C=O) groups excluding carboxylic acids is 1. The van der Waals surface area contributed by atoms with Gasteiger partial charge in [-0.1, -0.05) is 6.07 Å². The summed E-state index contributed by atoms with van der Waals surface area (Å²) in [5.41, 5.74) is 6.77. The van der Waals surface area contributed by atoms with Crippen molar-refractivity contribution in [2.75, 3.05) is 39.3 Å². The molecule has 34 heavy (non-hydrogen) atoms. The molecule has 2 aliphatic rings. The number of ether oxygens (including phenoxy) is 1. The van der Waals surface area contributed by atoms with Crippen molar-refractivity contribution in [3.63, 3.8) is 0 Å². The Morgan fingerprint density at radius 2 is 2.03 bits per heavy atom. The molecule has 1 N–H and O–H groups in total. The number of nitrogens with zero attached hydrogens (tertiary/aromatic N) is 5. The number of aromatic nitrogens is 3. The summed E-state index contributed by atoms with van der Waals surface area (Å²) in [4.78, 5) is 20.0. The van der Waals surface area contributed by atoms with Crippen molar-refractivity contribution >= 4 is 5.91 Å². The van der Waals surface area contributed by atoms with Gasteiger partial charge in [0.05, 0.1) is 18.0 Å². The van der Waals surface area contributed by atoms with E-state index in [0.717, 1.165) is 85.8 Å². The molecule has 174 valence electrons. The molecule has 1 fully saturated rings. The molecule has 0 spiro atoms. The van der Waals surface area contributed by atoms with Gasteiger partial charge in [0.15, 0.2) is 0 Å². The Morgan fingerprint density at radius 1 is 1.18 bits per heavy atom. The highest BCUT2D eigenvalue weighted by Gasteiger charge is 2.25. The Kier molecular flexibility index (Phi) is 6.28. The van der Waals surface area contributed by atoms with Crippen LogP contribution in [0, 0.1) is 11.3 Å². The van der Waals surface area contributed by atoms with Crippen LogP contribution in [0.15, 0.2) is 36.5 Å². The standard InChI is InChI=1S/C26H28N6O2/c1-18(33)32-11-9-31(10-12-32)8-2-3-13-34-22-7-5-19-14-24-25(29-30-26(24)23(19)15-22)20-4-6-21(16-27)28-17-20/h4-7,15,17H,2-3,8-14H2,1H3,(H,29,30). The highest BCUT2D eigenvalue weighted by atomic mass is 16.5. The summed E-state index contributed by atoms with van der Waals surface area (Å²) < 4.78 is 6.05. The maximum Gasteiger partial charge on any atom is 0.219 e. The second-order valence-corrected chi connectivity index (χ2v) is 8.87. The van der Waals surface area contributed by atoms with E-state index in [-0.39, 0.29) is 5.91 Å². The van der Waals surface area contributed by atoms with Crippen molar-refractivity contribution < 1.29 is 9.53 Å². The van der Waals surface area contributed by atoms with Gasteiger partial charge in [0.1, 0.15) is 17.5 Å². The van der Waals surface area contributed by atoms with E-state index in [1.807, 2.05) is 17.0 Å². The number of carbonyl (C=O) groups is 1. The Morgan fingerprint density at radius 3 is 2.76 bits per heavy atom. The minimum atomic E-state index is 0.173. The van der Waals surface area contributed by atoms with E-state index in [1.165, 1.54) is 5.56 Å². The van der Waals surface area contributed by atoms with E-state index < -0.39 is 0 Å². The SMILES string of the molecule is CC(=O)N1CCN(CCCCOc2ccc3c(c2)-c2[nH]nc(-c4ccc(C#N)nc4)c2C3)CC1. The Labute approximate surface area is 199 Å². The maximum absolute atomic E-state index is 11.4. The quantitative estimate of drug-likeness (QED) is 0.429. The number of aromatic amines is 1. The lowest BCUT2D eigenvalue weighted by atomic mass is 10.1. The van der Waals surface area contributed by atoms with Gasteiger partial charge < -0.3 is 9.64 Å². The number of hydrogen-bond donors (Lipinski definition) is 1. The molecule has 0 bridgehead atoms. The second kappa shape index (κ2) is 9.65. The van der Waals surface area contributed by atoms with Crippen LogP contribution in [0.3, 0.4) is 0 Å². The number of unbranched alkanes of at least 4 members (excludes halogenated alkanes) is 1. The van der Waals surface area contributed by atoms with Gasteiger partial charge in [-0.2, -0.15) is 10.4 Å². The van der Waals surface area contributed by atoms with Gasteiger partial charge in [0.25, 0.3) is 0 Å². The Bertz CT molecular complexity index is 1220. The van der Waals surface area contributed by atoms with Crippen molar-refractivity contribution in [3.8, 4) is 34.3 Å². The molecular formula is C26H28N6O2. The zero-order valence-electron chi connectivity index (χ0n) is 19.4. The van der Waals surface area contributed by atoms with Crippen molar-refractivity contribution in [1.82, 2.24) is 25.0 Å². The number of nitriles is 1. The number of rotatable bonds is 7. The van der Waals surface area contributed by atoms with E-state index in [2.05, 4.69) is 38.3 Å². The van der Waals surface area contributed by atoms with Gasteiger partial charge in [-0.15, -0.1) is 0 Å². The minimum Gasteiger partial charge on any atom is -0.494 e. The average molecular weight is 457 g/mol. The molecule has 1 amide bonds. The summed E-state index contributed by atoms with van der Waals surface area (Å²) in [6.07, 6.45) is 4.59. The van der Waals surface area contributed by atoms with Crippen molar-refractivity contribution in [1.29, 1.82) is 5.26 Å². The van der Waals surface area contributed by atoms with Crippen LogP contribution in [0.25, 0.3) is 22.5 Å². The molecule has 1 aromatic carbocycles. The van der Waals surface area contributed by atoms with Gasteiger partial charge in [-0.3, -0.25) is 14.8 Å². The number of benzene rings is 1. The summed E-state index contributed by atoms with van der Waals surface area (Å²) in [6, 6.07) is 11.9. The summed E-state index contributed by atoms with van der Waals surface area (Å²) in [5.74, 6) is 1.05. The fraction of sp³-hybridized carbons (Fsp3) is 0.385. The fourth-order valence-electron chi connectivity index (χ4n) is 4.74. The molecule has 0 radical (unpaired) electrons. The molecule has 2 aromatic heterocycles. The lowest BCUT2D eigenvalue weighted by Crippen LogP contribution is -2.48. The fourth-order valence-corrected chi connectivity index (χ4v) is 4.74. The summed E-state index contributed by atoms with van der Waals surface area (Å²) in [5, 5.41) is 16.7. The predicted octanol–water partition coefficient (Wildman–Crippen LogP) is 3.24. The first-order chi connectivity index (χ1) is 16.6. The average Bonchev–Trinajstić information content (AvgIpc) is 3.43. The number of fused-ring (bicyclic) bond motifs is 3. The van der Waals surface area contributed by atoms with E-state index in [1.54, 1.807) is 19.2 Å². The van der Waals surface area contributed by atoms with E-state index >= 15 is 0 Å². The molecular weight excluding hydrogens is 428 g/mol. The summed E-state index contributed by atoms with van der Waals surface area (Å²) in [7, 11) is 0. The molecule has 0 atom stereocenters. The molecule has 8 nitrogen and oxygen atoms in total. The molecule has 1 saturated heterocycles. The highest BCUT2D eigenvalue weighted by Crippen LogP contribution is 2.41. The van der Waals surface area contributed by atoms with Crippen LogP contribution >= 0.6 is 0 Å². The molecule has 3 heterocycles. The van der Waals surface area contributed by atoms with Crippen molar-refractivity contribution in [2.24, 2.45) is 0 Å². The monoisotopic (exact) mass is 456 g/mol. The molecule has 8 heteroatoms. The van der Waals surface area contributed by atoms with Gasteiger partial charge in [0.2, 0.25) is 5.91 Å². The minimum absolute atomic E-state index is 0.173. The Balaban J connectivity index is 1.14. The third kappa shape index (κ3) is 4.52. The second-order valence-electron chi connectivity index (χ2n) is 8.87. The molecule has 0 saturated carbocycles. The number of pyridine rings is 1. The van der Waals surface area contributed by atoms with Crippen molar-refractivity contribution in [2.45, 2.75) is 26.2 Å². The number of H-pyrrole nitrogens is 1. The van der Waals surface area contributed by atoms with Crippen LogP contribution in [0.2, 0.25) is 0 Å². The van der Waals surface area contributed by atoms with Gasteiger partial charge in [-0.25, -0.2) is 4.98 Å². The van der Waals surface area contributed by atoms with Crippen LogP contribution in [0.1, 0.15) is 36.6 Å². The lowest BCUT2D eigenvalue weighted by Gasteiger charge is -2.34. The Hall–Kier alpha value is -3.70. The van der Waals surface area contributed by atoms with E-state index in [4.69, 9.17) is 10.00 Å². The number of hydrogen-bond acceptors (Lipinski definition) is 6. The first-order valence-electron chi connectivity index (χ1n) is 11.8. The van der Waals surface area contributed by atoms with Crippen molar-refractivity contribution in [3.05, 3.63) is 53.3 Å². The zero-order valence-corrected chi connectivity index (χ0v) is 19.4. The highest BCUT2D eigenvalue weighted by molar-refractivity contribution is 5.81. The zero-order chi connectivity index (χ0) is 23.5. The first-order valence-corrected chi connectivity index (χ1v) is 11.8.